The SMILES string of the molecule is NC1(CCc2cc(Br)ccc2C(F)F)CC1. The number of hydrogen-bond acceptors (Lipinski definition) is 1. The average Bonchev–Trinajstić information content (AvgIpc) is 2.94. The molecule has 1 aromatic carbocycles. The van der Waals surface area contributed by atoms with Gasteiger partial charge in [0.1, 0.15) is 0 Å². The summed E-state index contributed by atoms with van der Waals surface area (Å²) in [6.07, 6.45) is 1.06. The van der Waals surface area contributed by atoms with Crippen molar-refractivity contribution >= 4 is 15.9 Å². The number of alkyl halides is 2. The smallest absolute Gasteiger partial charge is 0.264 e. The monoisotopic (exact) mass is 289 g/mol. The predicted octanol–water partition coefficient (Wildman–Crippen LogP) is 3.81. The molecule has 1 aromatic rings. The Balaban J connectivity index is 2.13. The van der Waals surface area contributed by atoms with Gasteiger partial charge < -0.3 is 5.73 Å². The van der Waals surface area contributed by atoms with Gasteiger partial charge in [-0.3, -0.25) is 0 Å². The molecule has 16 heavy (non-hydrogen) atoms. The van der Waals surface area contributed by atoms with Crippen LogP contribution in [-0.2, 0) is 6.42 Å². The number of benzene rings is 1. The minimum Gasteiger partial charge on any atom is -0.325 e. The van der Waals surface area contributed by atoms with Crippen LogP contribution in [0, 0.1) is 0 Å². The number of halogens is 3. The van der Waals surface area contributed by atoms with Crippen LogP contribution in [0.15, 0.2) is 22.7 Å². The fraction of sp³-hybridized carbons (Fsp3) is 0.500. The van der Waals surface area contributed by atoms with E-state index in [1.807, 2.05) is 0 Å². The molecule has 0 unspecified atom stereocenters. The molecule has 0 bridgehead atoms. The first-order valence-corrected chi connectivity index (χ1v) is 6.15. The Morgan fingerprint density at radius 1 is 1.38 bits per heavy atom. The standard InChI is InChI=1S/C12H14BrF2N/c13-9-1-2-10(11(14)15)8(7-9)3-4-12(16)5-6-12/h1-2,7,11H,3-6,16H2. The van der Waals surface area contributed by atoms with Crippen LogP contribution in [0.3, 0.4) is 0 Å². The van der Waals surface area contributed by atoms with Gasteiger partial charge in [0.2, 0.25) is 0 Å². The van der Waals surface area contributed by atoms with Crippen LogP contribution < -0.4 is 5.73 Å². The van der Waals surface area contributed by atoms with E-state index in [2.05, 4.69) is 15.9 Å². The van der Waals surface area contributed by atoms with Gasteiger partial charge in [-0.25, -0.2) is 8.78 Å². The first-order valence-electron chi connectivity index (χ1n) is 5.36. The lowest BCUT2D eigenvalue weighted by Gasteiger charge is -2.12. The fourth-order valence-corrected chi connectivity index (χ4v) is 2.21. The van der Waals surface area contributed by atoms with Gasteiger partial charge in [-0.2, -0.15) is 0 Å². The lowest BCUT2D eigenvalue weighted by Crippen LogP contribution is -2.22. The first-order chi connectivity index (χ1) is 7.50. The topological polar surface area (TPSA) is 26.0 Å². The second kappa shape index (κ2) is 4.41. The third-order valence-corrected chi connectivity index (χ3v) is 3.62. The molecule has 1 nitrogen and oxygen atoms in total. The molecule has 0 aliphatic heterocycles. The van der Waals surface area contributed by atoms with Crippen molar-refractivity contribution < 1.29 is 8.78 Å². The summed E-state index contributed by atoms with van der Waals surface area (Å²) >= 11 is 3.31. The van der Waals surface area contributed by atoms with Crippen molar-refractivity contribution in [3.05, 3.63) is 33.8 Å². The molecule has 0 spiro atoms. The normalized spacial score (nSPS) is 17.8. The van der Waals surface area contributed by atoms with Gasteiger partial charge in [0.05, 0.1) is 0 Å². The first kappa shape index (κ1) is 12.0. The summed E-state index contributed by atoms with van der Waals surface area (Å²) in [5.41, 5.74) is 6.72. The maximum Gasteiger partial charge on any atom is 0.264 e. The van der Waals surface area contributed by atoms with Crippen molar-refractivity contribution in [2.24, 2.45) is 5.73 Å². The molecular weight excluding hydrogens is 276 g/mol. The molecule has 88 valence electrons. The number of aryl methyl sites for hydroxylation is 1. The van der Waals surface area contributed by atoms with E-state index in [0.717, 1.165) is 23.7 Å². The van der Waals surface area contributed by atoms with E-state index in [1.165, 1.54) is 6.07 Å². The molecule has 0 aromatic heterocycles. The molecule has 0 heterocycles. The van der Waals surface area contributed by atoms with Crippen LogP contribution in [0.4, 0.5) is 8.78 Å². The van der Waals surface area contributed by atoms with Gasteiger partial charge in [-0.15, -0.1) is 0 Å². The quantitative estimate of drug-likeness (QED) is 0.896. The van der Waals surface area contributed by atoms with Crippen molar-refractivity contribution in [1.29, 1.82) is 0 Å². The number of hydrogen-bond donors (Lipinski definition) is 1. The van der Waals surface area contributed by atoms with Gasteiger partial charge in [0.25, 0.3) is 6.43 Å². The zero-order valence-corrected chi connectivity index (χ0v) is 10.4. The Kier molecular flexibility index (Phi) is 3.31. The molecule has 1 fully saturated rings. The Morgan fingerprint density at radius 3 is 2.62 bits per heavy atom. The maximum absolute atomic E-state index is 12.7. The lowest BCUT2D eigenvalue weighted by atomic mass is 10.00. The molecule has 2 rings (SSSR count). The minimum atomic E-state index is -2.41. The Hall–Kier alpha value is -0.480. The van der Waals surface area contributed by atoms with E-state index < -0.39 is 6.43 Å². The van der Waals surface area contributed by atoms with Crippen LogP contribution in [-0.4, -0.2) is 5.54 Å². The van der Waals surface area contributed by atoms with E-state index in [1.54, 1.807) is 12.1 Å². The summed E-state index contributed by atoms with van der Waals surface area (Å²) in [5, 5.41) is 0. The minimum absolute atomic E-state index is 0.0816. The van der Waals surface area contributed by atoms with E-state index in [-0.39, 0.29) is 11.1 Å². The second-order valence-electron chi connectivity index (χ2n) is 4.51. The molecule has 1 saturated carbocycles. The summed E-state index contributed by atoms with van der Waals surface area (Å²) in [6.45, 7) is 0. The lowest BCUT2D eigenvalue weighted by molar-refractivity contribution is 0.150. The van der Waals surface area contributed by atoms with E-state index >= 15 is 0 Å². The Bertz CT molecular complexity index is 389. The zero-order chi connectivity index (χ0) is 11.8. The molecule has 1 aliphatic rings. The summed E-state index contributed by atoms with van der Waals surface area (Å²) in [6, 6.07) is 4.91. The largest absolute Gasteiger partial charge is 0.325 e. The molecule has 0 saturated heterocycles. The summed E-state index contributed by atoms with van der Waals surface area (Å²) in [4.78, 5) is 0. The molecule has 0 atom stereocenters. The van der Waals surface area contributed by atoms with E-state index in [0.29, 0.717) is 12.0 Å². The van der Waals surface area contributed by atoms with Crippen molar-refractivity contribution in [3.8, 4) is 0 Å². The summed E-state index contributed by atoms with van der Waals surface area (Å²) < 4.78 is 26.3. The highest BCUT2D eigenvalue weighted by Crippen LogP contribution is 2.37. The van der Waals surface area contributed by atoms with Crippen LogP contribution in [0.2, 0.25) is 0 Å². The van der Waals surface area contributed by atoms with Crippen molar-refractivity contribution in [1.82, 2.24) is 0 Å². The maximum atomic E-state index is 12.7. The molecule has 4 heteroatoms. The average molecular weight is 290 g/mol. The van der Waals surface area contributed by atoms with E-state index in [4.69, 9.17) is 5.73 Å². The fourth-order valence-electron chi connectivity index (χ4n) is 1.80. The molecular formula is C12H14BrF2N. The number of nitrogens with two attached hydrogens (primary N) is 1. The van der Waals surface area contributed by atoms with Crippen LogP contribution in [0.1, 0.15) is 36.8 Å². The number of rotatable bonds is 4. The van der Waals surface area contributed by atoms with Crippen LogP contribution >= 0.6 is 15.9 Å². The third kappa shape index (κ3) is 2.80. The highest BCUT2D eigenvalue weighted by atomic mass is 79.9. The molecule has 0 radical (unpaired) electrons. The van der Waals surface area contributed by atoms with Gasteiger partial charge in [0, 0.05) is 15.6 Å². The van der Waals surface area contributed by atoms with Crippen LogP contribution in [0.25, 0.3) is 0 Å². The van der Waals surface area contributed by atoms with Gasteiger partial charge >= 0.3 is 0 Å². The van der Waals surface area contributed by atoms with Crippen molar-refractivity contribution in [2.45, 2.75) is 37.6 Å². The van der Waals surface area contributed by atoms with Gasteiger partial charge in [-0.05, 0) is 43.4 Å². The summed E-state index contributed by atoms with van der Waals surface area (Å²) in [7, 11) is 0. The molecule has 2 N–H and O–H groups in total. The highest BCUT2D eigenvalue weighted by Gasteiger charge is 2.37. The Morgan fingerprint density at radius 2 is 2.06 bits per heavy atom. The summed E-state index contributed by atoms with van der Waals surface area (Å²) in [5.74, 6) is 0. The van der Waals surface area contributed by atoms with Crippen LogP contribution in [0.5, 0.6) is 0 Å². The Labute approximate surface area is 102 Å². The molecule has 1 aliphatic carbocycles. The van der Waals surface area contributed by atoms with Gasteiger partial charge in [0.15, 0.2) is 0 Å². The van der Waals surface area contributed by atoms with Crippen molar-refractivity contribution in [3.63, 3.8) is 0 Å². The predicted molar refractivity (Wildman–Crippen MR) is 63.6 cm³/mol. The third-order valence-electron chi connectivity index (χ3n) is 3.12. The highest BCUT2D eigenvalue weighted by molar-refractivity contribution is 9.10. The van der Waals surface area contributed by atoms with Crippen molar-refractivity contribution in [2.75, 3.05) is 0 Å². The van der Waals surface area contributed by atoms with E-state index in [9.17, 15) is 8.78 Å². The van der Waals surface area contributed by atoms with Gasteiger partial charge in [-0.1, -0.05) is 22.0 Å². The zero-order valence-electron chi connectivity index (χ0n) is 8.85. The second-order valence-corrected chi connectivity index (χ2v) is 5.42. The molecule has 0 amide bonds.